The quantitative estimate of drug-likeness (QED) is 0.498. The maximum absolute atomic E-state index is 7.39. The van der Waals surface area contributed by atoms with Gasteiger partial charge in [-0.2, -0.15) is 0 Å². The van der Waals surface area contributed by atoms with E-state index in [1.807, 2.05) is 29.7 Å². The fraction of sp³-hybridized carbons (Fsp3) is 0.111. The molecule has 2 aromatic heterocycles. The van der Waals surface area contributed by atoms with Crippen molar-refractivity contribution in [2.24, 2.45) is 5.73 Å². The summed E-state index contributed by atoms with van der Waals surface area (Å²) in [5.74, 6) is 0.0780. The Morgan fingerprint density at radius 2 is 2.38 bits per heavy atom. The van der Waals surface area contributed by atoms with E-state index in [-0.39, 0.29) is 5.84 Å². The topological polar surface area (TPSA) is 67.2 Å². The number of fused-ring (bicyclic) bond motifs is 1. The molecular formula is C9H10N4. The zero-order chi connectivity index (χ0) is 9.42. The number of aromatic nitrogens is 2. The van der Waals surface area contributed by atoms with Gasteiger partial charge in [0, 0.05) is 11.8 Å². The van der Waals surface area contributed by atoms with Gasteiger partial charge in [0.2, 0.25) is 0 Å². The Hall–Kier alpha value is -1.84. The van der Waals surface area contributed by atoms with Gasteiger partial charge in [-0.1, -0.05) is 0 Å². The Balaban J connectivity index is 2.88. The minimum absolute atomic E-state index is 0.0780. The summed E-state index contributed by atoms with van der Waals surface area (Å²) in [6, 6.07) is 3.68. The van der Waals surface area contributed by atoms with E-state index in [0.29, 0.717) is 0 Å². The zero-order valence-corrected chi connectivity index (χ0v) is 7.28. The summed E-state index contributed by atoms with van der Waals surface area (Å²) in [5, 5.41) is 7.39. The molecule has 0 aliphatic rings. The van der Waals surface area contributed by atoms with E-state index in [1.54, 1.807) is 6.33 Å². The molecule has 0 fully saturated rings. The third kappa shape index (κ3) is 1.07. The highest BCUT2D eigenvalue weighted by atomic mass is 15.0. The van der Waals surface area contributed by atoms with Crippen LogP contribution in [0.1, 0.15) is 11.3 Å². The lowest BCUT2D eigenvalue weighted by molar-refractivity contribution is 1.15. The molecule has 0 atom stereocenters. The highest BCUT2D eigenvalue weighted by Gasteiger charge is 2.06. The molecule has 2 heterocycles. The maximum atomic E-state index is 7.39. The minimum atomic E-state index is 0.0780. The molecule has 0 radical (unpaired) electrons. The smallest absolute Gasteiger partial charge is 0.124 e. The Morgan fingerprint density at radius 1 is 1.62 bits per heavy atom. The van der Waals surface area contributed by atoms with Crippen LogP contribution in [0.4, 0.5) is 0 Å². The van der Waals surface area contributed by atoms with Crippen molar-refractivity contribution >= 4 is 11.4 Å². The Bertz CT molecular complexity index is 469. The van der Waals surface area contributed by atoms with E-state index in [0.717, 1.165) is 16.8 Å². The summed E-state index contributed by atoms with van der Waals surface area (Å²) >= 11 is 0. The highest BCUT2D eigenvalue weighted by molar-refractivity contribution is 6.01. The molecular weight excluding hydrogens is 164 g/mol. The van der Waals surface area contributed by atoms with E-state index in [9.17, 15) is 0 Å². The molecule has 0 aromatic carbocycles. The number of imidazole rings is 1. The number of hydrogen-bond donors (Lipinski definition) is 2. The van der Waals surface area contributed by atoms with Crippen molar-refractivity contribution in [1.29, 1.82) is 5.41 Å². The van der Waals surface area contributed by atoms with Crippen LogP contribution in [0.5, 0.6) is 0 Å². The lowest BCUT2D eigenvalue weighted by Crippen LogP contribution is -2.12. The van der Waals surface area contributed by atoms with Crippen LogP contribution >= 0.6 is 0 Å². The van der Waals surface area contributed by atoms with Crippen molar-refractivity contribution in [3.63, 3.8) is 0 Å². The van der Waals surface area contributed by atoms with E-state index >= 15 is 0 Å². The molecule has 0 aliphatic heterocycles. The van der Waals surface area contributed by atoms with E-state index in [4.69, 9.17) is 11.1 Å². The van der Waals surface area contributed by atoms with Gasteiger partial charge in [0.1, 0.15) is 5.84 Å². The summed E-state index contributed by atoms with van der Waals surface area (Å²) in [5.41, 5.74) is 7.99. The summed E-state index contributed by atoms with van der Waals surface area (Å²) in [6.07, 6.45) is 3.61. The molecule has 0 spiro atoms. The van der Waals surface area contributed by atoms with E-state index in [2.05, 4.69) is 4.98 Å². The Morgan fingerprint density at radius 3 is 3.08 bits per heavy atom. The number of pyridine rings is 1. The summed E-state index contributed by atoms with van der Waals surface area (Å²) in [4.78, 5) is 4.15. The average molecular weight is 174 g/mol. The fourth-order valence-electron chi connectivity index (χ4n) is 1.43. The second-order valence-electron chi connectivity index (χ2n) is 2.92. The molecule has 0 amide bonds. The molecule has 66 valence electrons. The predicted molar refractivity (Wildman–Crippen MR) is 50.9 cm³/mol. The Kier molecular flexibility index (Phi) is 1.55. The van der Waals surface area contributed by atoms with Crippen LogP contribution in [0, 0.1) is 12.3 Å². The van der Waals surface area contributed by atoms with Crippen LogP contribution in [0.2, 0.25) is 0 Å². The minimum Gasteiger partial charge on any atom is -0.384 e. The van der Waals surface area contributed by atoms with Crippen LogP contribution in [0.25, 0.3) is 5.52 Å². The SMILES string of the molecule is Cc1ncn2cccc(C(=N)N)c12. The number of nitrogens with two attached hydrogens (primary N) is 1. The Labute approximate surface area is 75.5 Å². The van der Waals surface area contributed by atoms with Crippen LogP contribution in [0.3, 0.4) is 0 Å². The van der Waals surface area contributed by atoms with Crippen molar-refractivity contribution in [3.05, 3.63) is 35.9 Å². The number of nitrogens with one attached hydrogen (secondary N) is 1. The van der Waals surface area contributed by atoms with E-state index in [1.165, 1.54) is 0 Å². The van der Waals surface area contributed by atoms with Crippen molar-refractivity contribution in [3.8, 4) is 0 Å². The second kappa shape index (κ2) is 2.58. The van der Waals surface area contributed by atoms with Gasteiger partial charge in [0.25, 0.3) is 0 Å². The van der Waals surface area contributed by atoms with Gasteiger partial charge in [-0.25, -0.2) is 4.98 Å². The second-order valence-corrected chi connectivity index (χ2v) is 2.92. The average Bonchev–Trinajstić information content (AvgIpc) is 2.48. The predicted octanol–water partition coefficient (Wildman–Crippen LogP) is 0.927. The van der Waals surface area contributed by atoms with Crippen molar-refractivity contribution in [2.45, 2.75) is 6.92 Å². The molecule has 4 heteroatoms. The van der Waals surface area contributed by atoms with Crippen LogP contribution in [0.15, 0.2) is 24.7 Å². The standard InChI is InChI=1S/C9H10N4/c1-6-8-7(9(10)11)3-2-4-13(8)5-12-6/h2-5H,1H3,(H3,10,11). The van der Waals surface area contributed by atoms with Gasteiger partial charge in [-0.05, 0) is 19.1 Å². The highest BCUT2D eigenvalue weighted by Crippen LogP contribution is 2.13. The summed E-state index contributed by atoms with van der Waals surface area (Å²) in [6.45, 7) is 1.90. The number of rotatable bonds is 1. The van der Waals surface area contributed by atoms with Crippen molar-refractivity contribution in [1.82, 2.24) is 9.38 Å². The molecule has 0 aliphatic carbocycles. The molecule has 4 nitrogen and oxygen atoms in total. The number of nitrogen functional groups attached to an aromatic ring is 1. The third-order valence-corrected chi connectivity index (χ3v) is 2.03. The first-order chi connectivity index (χ1) is 6.20. The first kappa shape index (κ1) is 7.79. The van der Waals surface area contributed by atoms with Gasteiger partial charge in [-0.15, -0.1) is 0 Å². The van der Waals surface area contributed by atoms with Gasteiger partial charge in [-0.3, -0.25) is 5.41 Å². The molecule has 13 heavy (non-hydrogen) atoms. The van der Waals surface area contributed by atoms with Gasteiger partial charge < -0.3 is 10.1 Å². The number of aryl methyl sites for hydroxylation is 1. The van der Waals surface area contributed by atoms with Gasteiger partial charge in [0.15, 0.2) is 0 Å². The third-order valence-electron chi connectivity index (χ3n) is 2.03. The normalized spacial score (nSPS) is 10.5. The molecule has 0 saturated carbocycles. The molecule has 0 unspecified atom stereocenters. The molecule has 3 N–H and O–H groups in total. The summed E-state index contributed by atoms with van der Waals surface area (Å²) < 4.78 is 1.87. The zero-order valence-electron chi connectivity index (χ0n) is 7.28. The lowest BCUT2D eigenvalue weighted by atomic mass is 10.2. The monoisotopic (exact) mass is 174 g/mol. The molecule has 0 saturated heterocycles. The largest absolute Gasteiger partial charge is 0.384 e. The first-order valence-electron chi connectivity index (χ1n) is 3.97. The maximum Gasteiger partial charge on any atom is 0.124 e. The lowest BCUT2D eigenvalue weighted by Gasteiger charge is -2.01. The van der Waals surface area contributed by atoms with Gasteiger partial charge in [0.05, 0.1) is 17.5 Å². The van der Waals surface area contributed by atoms with Crippen LogP contribution < -0.4 is 5.73 Å². The fourth-order valence-corrected chi connectivity index (χ4v) is 1.43. The number of nitrogens with zero attached hydrogens (tertiary/aromatic N) is 2. The molecule has 0 bridgehead atoms. The number of amidine groups is 1. The molecule has 2 aromatic rings. The first-order valence-corrected chi connectivity index (χ1v) is 3.97. The molecule has 2 rings (SSSR count). The van der Waals surface area contributed by atoms with Crippen molar-refractivity contribution in [2.75, 3.05) is 0 Å². The van der Waals surface area contributed by atoms with Gasteiger partial charge >= 0.3 is 0 Å². The van der Waals surface area contributed by atoms with Crippen molar-refractivity contribution < 1.29 is 0 Å². The van der Waals surface area contributed by atoms with E-state index < -0.39 is 0 Å². The van der Waals surface area contributed by atoms with Crippen LogP contribution in [-0.4, -0.2) is 15.2 Å². The summed E-state index contributed by atoms with van der Waals surface area (Å²) in [7, 11) is 0. The number of hydrogen-bond acceptors (Lipinski definition) is 2. The van der Waals surface area contributed by atoms with Crippen LogP contribution in [-0.2, 0) is 0 Å².